The summed E-state index contributed by atoms with van der Waals surface area (Å²) in [6.45, 7) is 1.97. The lowest BCUT2D eigenvalue weighted by molar-refractivity contribution is -0.119. The summed E-state index contributed by atoms with van der Waals surface area (Å²) >= 11 is 15.9. The number of halogens is 2. The molecule has 130 valence electrons. The lowest BCUT2D eigenvalue weighted by Gasteiger charge is -1.99. The highest BCUT2D eigenvalue weighted by atomic mass is 35.5. The SMILES string of the molecule is CC(=O)NCc1ccc(-c2csc(NC(=O)c3cc(Cl)sc3Cl)n2)s1. The minimum absolute atomic E-state index is 0.0687. The molecule has 0 aromatic carbocycles. The number of nitrogens with zero attached hydrogens (tertiary/aromatic N) is 1. The minimum atomic E-state index is -0.341. The van der Waals surface area contributed by atoms with Gasteiger partial charge in [-0.25, -0.2) is 4.98 Å². The first-order chi connectivity index (χ1) is 11.9. The molecule has 10 heteroatoms. The molecule has 3 heterocycles. The van der Waals surface area contributed by atoms with Crippen molar-refractivity contribution in [1.29, 1.82) is 0 Å². The molecule has 5 nitrogen and oxygen atoms in total. The molecule has 0 unspecified atom stereocenters. The Labute approximate surface area is 165 Å². The topological polar surface area (TPSA) is 71.1 Å². The van der Waals surface area contributed by atoms with Crippen LogP contribution in [0.25, 0.3) is 10.6 Å². The number of hydrogen-bond donors (Lipinski definition) is 2. The number of carbonyl (C=O) groups excluding carboxylic acids is 2. The standard InChI is InChI=1S/C15H11Cl2N3O2S3/c1-7(21)18-5-8-2-3-11(24-8)10-6-23-15(19-10)20-14(22)9-4-12(16)25-13(9)17/h2-4,6H,5H2,1H3,(H,18,21)(H,19,20,22). The molecule has 2 N–H and O–H groups in total. The molecule has 2 amide bonds. The predicted octanol–water partition coefficient (Wildman–Crippen LogP) is 5.13. The molecule has 0 fully saturated rings. The molecule has 0 saturated heterocycles. The van der Waals surface area contributed by atoms with Crippen LogP contribution in [0.5, 0.6) is 0 Å². The van der Waals surface area contributed by atoms with Crippen LogP contribution in [0.3, 0.4) is 0 Å². The Hall–Kier alpha value is -1.45. The van der Waals surface area contributed by atoms with E-state index in [1.54, 1.807) is 11.3 Å². The second-order valence-electron chi connectivity index (χ2n) is 4.91. The Morgan fingerprint density at radius 2 is 2.04 bits per heavy atom. The first-order valence-corrected chi connectivity index (χ1v) is 10.2. The summed E-state index contributed by atoms with van der Waals surface area (Å²) in [5, 5.41) is 7.84. The van der Waals surface area contributed by atoms with Crippen molar-refractivity contribution in [3.05, 3.63) is 42.7 Å². The van der Waals surface area contributed by atoms with E-state index >= 15 is 0 Å². The summed E-state index contributed by atoms with van der Waals surface area (Å²) in [6, 6.07) is 5.42. The third-order valence-electron chi connectivity index (χ3n) is 3.05. The quantitative estimate of drug-likeness (QED) is 0.587. The Kier molecular flexibility index (Phi) is 5.75. The summed E-state index contributed by atoms with van der Waals surface area (Å²) in [5.74, 6) is -0.410. The molecule has 0 aliphatic heterocycles. The van der Waals surface area contributed by atoms with E-state index in [4.69, 9.17) is 23.2 Å². The van der Waals surface area contributed by atoms with E-state index in [1.807, 2.05) is 17.5 Å². The van der Waals surface area contributed by atoms with Gasteiger partial charge in [0.1, 0.15) is 4.34 Å². The van der Waals surface area contributed by atoms with Crippen molar-refractivity contribution >= 4 is 74.2 Å². The van der Waals surface area contributed by atoms with Crippen LogP contribution >= 0.6 is 57.2 Å². The van der Waals surface area contributed by atoms with Crippen molar-refractivity contribution in [1.82, 2.24) is 10.3 Å². The van der Waals surface area contributed by atoms with Gasteiger partial charge in [0, 0.05) is 17.2 Å². The molecule has 0 aliphatic rings. The zero-order valence-electron chi connectivity index (χ0n) is 12.8. The van der Waals surface area contributed by atoms with E-state index in [-0.39, 0.29) is 11.8 Å². The second kappa shape index (κ2) is 7.84. The number of amides is 2. The number of rotatable bonds is 5. The fraction of sp³-hybridized carbons (Fsp3) is 0.133. The lowest BCUT2D eigenvalue weighted by atomic mass is 10.3. The van der Waals surface area contributed by atoms with Gasteiger partial charge in [-0.1, -0.05) is 23.2 Å². The van der Waals surface area contributed by atoms with E-state index in [0.717, 1.165) is 26.8 Å². The number of thiophene rings is 2. The molecule has 0 spiro atoms. The van der Waals surface area contributed by atoms with Crippen LogP contribution < -0.4 is 10.6 Å². The summed E-state index contributed by atoms with van der Waals surface area (Å²) in [7, 11) is 0. The van der Waals surface area contributed by atoms with E-state index in [9.17, 15) is 9.59 Å². The second-order valence-corrected chi connectivity index (χ2v) is 9.22. The zero-order chi connectivity index (χ0) is 18.0. The summed E-state index contributed by atoms with van der Waals surface area (Å²) < 4.78 is 0.806. The van der Waals surface area contributed by atoms with Gasteiger partial charge >= 0.3 is 0 Å². The van der Waals surface area contributed by atoms with Crippen molar-refractivity contribution in [2.45, 2.75) is 13.5 Å². The van der Waals surface area contributed by atoms with E-state index in [2.05, 4.69) is 15.6 Å². The third-order valence-corrected chi connectivity index (χ3v) is 6.40. The molecule has 0 atom stereocenters. The average molecular weight is 432 g/mol. The van der Waals surface area contributed by atoms with Crippen LogP contribution in [0.15, 0.2) is 23.6 Å². The van der Waals surface area contributed by atoms with Crippen LogP contribution in [0.2, 0.25) is 8.67 Å². The highest BCUT2D eigenvalue weighted by molar-refractivity contribution is 7.20. The minimum Gasteiger partial charge on any atom is -0.351 e. The zero-order valence-corrected chi connectivity index (χ0v) is 16.7. The highest BCUT2D eigenvalue weighted by Gasteiger charge is 2.16. The lowest BCUT2D eigenvalue weighted by Crippen LogP contribution is -2.17. The number of anilines is 1. The Balaban J connectivity index is 1.69. The molecular formula is C15H11Cl2N3O2S3. The molecule has 0 aliphatic carbocycles. The van der Waals surface area contributed by atoms with Gasteiger partial charge in [-0.3, -0.25) is 14.9 Å². The third kappa shape index (κ3) is 4.59. The van der Waals surface area contributed by atoms with Gasteiger partial charge in [-0.05, 0) is 18.2 Å². The number of aromatic nitrogens is 1. The van der Waals surface area contributed by atoms with Gasteiger partial charge in [0.2, 0.25) is 5.91 Å². The molecule has 0 radical (unpaired) electrons. The first-order valence-electron chi connectivity index (χ1n) is 6.97. The fourth-order valence-electron chi connectivity index (χ4n) is 1.93. The normalized spacial score (nSPS) is 10.7. The summed E-state index contributed by atoms with van der Waals surface area (Å²) in [4.78, 5) is 29.6. The smallest absolute Gasteiger partial charge is 0.259 e. The van der Waals surface area contributed by atoms with Crippen molar-refractivity contribution in [3.63, 3.8) is 0 Å². The van der Waals surface area contributed by atoms with Crippen LogP contribution in [0, 0.1) is 0 Å². The van der Waals surface area contributed by atoms with Gasteiger partial charge in [0.15, 0.2) is 5.13 Å². The van der Waals surface area contributed by atoms with Crippen molar-refractivity contribution in [2.75, 3.05) is 5.32 Å². The Morgan fingerprint density at radius 3 is 2.72 bits per heavy atom. The molecule has 25 heavy (non-hydrogen) atoms. The van der Waals surface area contributed by atoms with Crippen LogP contribution in [0.1, 0.15) is 22.2 Å². The first kappa shape index (κ1) is 18.3. The molecule has 0 saturated carbocycles. The van der Waals surface area contributed by atoms with E-state index < -0.39 is 0 Å². The maximum Gasteiger partial charge on any atom is 0.259 e. The number of carbonyl (C=O) groups is 2. The highest BCUT2D eigenvalue weighted by Crippen LogP contribution is 2.33. The van der Waals surface area contributed by atoms with Crippen LogP contribution in [-0.2, 0) is 11.3 Å². The summed E-state index contributed by atoms with van der Waals surface area (Å²) in [6.07, 6.45) is 0. The summed E-state index contributed by atoms with van der Waals surface area (Å²) in [5.41, 5.74) is 1.11. The molecule has 0 bridgehead atoms. The molecule has 3 rings (SSSR count). The molecule has 3 aromatic heterocycles. The van der Waals surface area contributed by atoms with Crippen LogP contribution in [0.4, 0.5) is 5.13 Å². The number of hydrogen-bond acceptors (Lipinski definition) is 6. The maximum absolute atomic E-state index is 12.2. The Morgan fingerprint density at radius 1 is 1.24 bits per heavy atom. The van der Waals surface area contributed by atoms with E-state index in [0.29, 0.717) is 25.9 Å². The van der Waals surface area contributed by atoms with Crippen molar-refractivity contribution in [3.8, 4) is 10.6 Å². The van der Waals surface area contributed by atoms with Gasteiger partial charge in [-0.15, -0.1) is 34.0 Å². The predicted molar refractivity (Wildman–Crippen MR) is 105 cm³/mol. The van der Waals surface area contributed by atoms with Crippen molar-refractivity contribution < 1.29 is 9.59 Å². The maximum atomic E-state index is 12.2. The fourth-order valence-corrected chi connectivity index (χ4v) is 5.07. The van der Waals surface area contributed by atoms with Gasteiger partial charge in [0.05, 0.1) is 27.0 Å². The Bertz CT molecular complexity index is 932. The largest absolute Gasteiger partial charge is 0.351 e. The number of nitrogens with one attached hydrogen (secondary N) is 2. The number of thiazole rings is 1. The van der Waals surface area contributed by atoms with Crippen LogP contribution in [-0.4, -0.2) is 16.8 Å². The molecular weight excluding hydrogens is 421 g/mol. The average Bonchev–Trinajstić information content (AvgIpc) is 3.25. The van der Waals surface area contributed by atoms with Gasteiger partial charge in [0.25, 0.3) is 5.91 Å². The van der Waals surface area contributed by atoms with Gasteiger partial charge < -0.3 is 5.32 Å². The van der Waals surface area contributed by atoms with Gasteiger partial charge in [-0.2, -0.15) is 0 Å². The van der Waals surface area contributed by atoms with E-state index in [1.165, 1.54) is 24.3 Å². The molecule has 3 aromatic rings. The van der Waals surface area contributed by atoms with Crippen molar-refractivity contribution in [2.24, 2.45) is 0 Å². The monoisotopic (exact) mass is 431 g/mol.